The lowest BCUT2D eigenvalue weighted by Gasteiger charge is -2.15. The first kappa shape index (κ1) is 15.0. The minimum Gasteiger partial charge on any atom is -0.384 e. The number of hydrogen-bond donors (Lipinski definition) is 1. The Labute approximate surface area is 132 Å². The zero-order chi connectivity index (χ0) is 16.2. The van der Waals surface area contributed by atoms with Gasteiger partial charge in [-0.2, -0.15) is 5.26 Å². The van der Waals surface area contributed by atoms with Crippen molar-refractivity contribution in [2.75, 3.05) is 11.9 Å². The van der Waals surface area contributed by atoms with Crippen LogP contribution in [0.3, 0.4) is 0 Å². The second kappa shape index (κ2) is 6.44. The molecule has 0 saturated carbocycles. The van der Waals surface area contributed by atoms with Crippen LogP contribution in [-0.4, -0.2) is 26.2 Å². The summed E-state index contributed by atoms with van der Waals surface area (Å²) >= 11 is 0. The number of aryl methyl sites for hydroxylation is 1. The maximum atomic E-state index is 10.7. The molecule has 1 aromatic heterocycles. The molecule has 0 aliphatic carbocycles. The summed E-state index contributed by atoms with van der Waals surface area (Å²) in [5.41, 5.74) is 0.776. The molecule has 0 unspecified atom stereocenters. The normalized spacial score (nSPS) is 13.2. The van der Waals surface area contributed by atoms with Gasteiger partial charge < -0.3 is 9.88 Å². The van der Waals surface area contributed by atoms with Gasteiger partial charge in [-0.1, -0.05) is 0 Å². The predicted molar refractivity (Wildman–Crippen MR) is 83.0 cm³/mol. The van der Waals surface area contributed by atoms with Crippen LogP contribution in [0, 0.1) is 21.4 Å². The summed E-state index contributed by atoms with van der Waals surface area (Å²) in [6.45, 7) is 1.54. The standard InChI is InChI=1S/C15H16N6O2/c16-10-11-9-12(21(22)23)4-5-13(11)17-7-6-15-19-18-14-3-1-2-8-20(14)15/h4-5,9,17H,1-3,6-8H2. The molecule has 3 rings (SSSR count). The topological polar surface area (TPSA) is 110 Å². The maximum absolute atomic E-state index is 10.7. The molecular formula is C15H16N6O2. The fraction of sp³-hybridized carbons (Fsp3) is 0.400. The highest BCUT2D eigenvalue weighted by Crippen LogP contribution is 2.21. The highest BCUT2D eigenvalue weighted by Gasteiger charge is 2.15. The number of hydrogen-bond acceptors (Lipinski definition) is 6. The zero-order valence-electron chi connectivity index (χ0n) is 12.5. The molecule has 0 atom stereocenters. The van der Waals surface area contributed by atoms with Gasteiger partial charge in [0.05, 0.1) is 16.2 Å². The zero-order valence-corrected chi connectivity index (χ0v) is 12.5. The van der Waals surface area contributed by atoms with E-state index in [2.05, 4.69) is 20.1 Å². The van der Waals surface area contributed by atoms with Crippen molar-refractivity contribution >= 4 is 11.4 Å². The molecule has 1 N–H and O–H groups in total. The SMILES string of the molecule is N#Cc1cc([N+](=O)[O-])ccc1NCCc1nnc2n1CCCC2. The highest BCUT2D eigenvalue weighted by molar-refractivity contribution is 5.61. The van der Waals surface area contributed by atoms with Crippen LogP contribution in [-0.2, 0) is 19.4 Å². The van der Waals surface area contributed by atoms with Gasteiger partial charge in [0.1, 0.15) is 17.7 Å². The number of nitrogens with one attached hydrogen (secondary N) is 1. The lowest BCUT2D eigenvalue weighted by molar-refractivity contribution is -0.384. The van der Waals surface area contributed by atoms with E-state index in [-0.39, 0.29) is 11.3 Å². The van der Waals surface area contributed by atoms with Crippen molar-refractivity contribution in [3.8, 4) is 6.07 Å². The van der Waals surface area contributed by atoms with Gasteiger partial charge in [0.2, 0.25) is 0 Å². The van der Waals surface area contributed by atoms with Crippen molar-refractivity contribution in [2.45, 2.75) is 32.2 Å². The van der Waals surface area contributed by atoms with Gasteiger partial charge in [-0.25, -0.2) is 0 Å². The van der Waals surface area contributed by atoms with E-state index in [0.717, 1.165) is 37.5 Å². The van der Waals surface area contributed by atoms with Crippen LogP contribution < -0.4 is 5.32 Å². The number of nitrogens with zero attached hydrogens (tertiary/aromatic N) is 5. The molecule has 2 heterocycles. The average Bonchev–Trinajstić information content (AvgIpc) is 2.98. The van der Waals surface area contributed by atoms with Gasteiger partial charge in [0, 0.05) is 38.1 Å². The van der Waals surface area contributed by atoms with E-state index in [9.17, 15) is 10.1 Å². The van der Waals surface area contributed by atoms with E-state index in [1.54, 1.807) is 6.07 Å². The molecule has 0 radical (unpaired) electrons. The summed E-state index contributed by atoms with van der Waals surface area (Å²) < 4.78 is 2.16. The summed E-state index contributed by atoms with van der Waals surface area (Å²) in [6, 6.07) is 6.22. The fourth-order valence-electron chi connectivity index (χ4n) is 2.75. The summed E-state index contributed by atoms with van der Waals surface area (Å²) in [4.78, 5) is 10.2. The summed E-state index contributed by atoms with van der Waals surface area (Å²) in [6.07, 6.45) is 3.97. The number of fused-ring (bicyclic) bond motifs is 1. The Kier molecular flexibility index (Phi) is 4.19. The van der Waals surface area contributed by atoms with Crippen molar-refractivity contribution in [3.05, 3.63) is 45.5 Å². The van der Waals surface area contributed by atoms with Gasteiger partial charge in [0.25, 0.3) is 5.69 Å². The molecule has 2 aromatic rings. The summed E-state index contributed by atoms with van der Waals surface area (Å²) in [5, 5.41) is 31.5. The Bertz CT molecular complexity index is 777. The van der Waals surface area contributed by atoms with Crippen LogP contribution in [0.4, 0.5) is 11.4 Å². The number of nitro benzene ring substituents is 1. The van der Waals surface area contributed by atoms with Crippen molar-refractivity contribution in [1.82, 2.24) is 14.8 Å². The van der Waals surface area contributed by atoms with Crippen LogP contribution in [0.1, 0.15) is 30.1 Å². The van der Waals surface area contributed by atoms with Crippen LogP contribution >= 0.6 is 0 Å². The van der Waals surface area contributed by atoms with E-state index in [1.165, 1.54) is 12.1 Å². The van der Waals surface area contributed by atoms with Crippen LogP contribution in [0.15, 0.2) is 18.2 Å². The van der Waals surface area contributed by atoms with Gasteiger partial charge in [-0.15, -0.1) is 10.2 Å². The third kappa shape index (κ3) is 3.13. The number of rotatable bonds is 5. The van der Waals surface area contributed by atoms with Crippen molar-refractivity contribution in [1.29, 1.82) is 5.26 Å². The Morgan fingerprint density at radius 1 is 1.39 bits per heavy atom. The lowest BCUT2D eigenvalue weighted by atomic mass is 10.1. The minimum atomic E-state index is -0.507. The molecule has 0 amide bonds. The first-order valence-electron chi connectivity index (χ1n) is 7.52. The van der Waals surface area contributed by atoms with Crippen molar-refractivity contribution in [3.63, 3.8) is 0 Å². The van der Waals surface area contributed by atoms with E-state index >= 15 is 0 Å². The fourth-order valence-corrected chi connectivity index (χ4v) is 2.75. The van der Waals surface area contributed by atoms with E-state index < -0.39 is 4.92 Å². The van der Waals surface area contributed by atoms with Crippen molar-refractivity contribution < 1.29 is 4.92 Å². The van der Waals surface area contributed by atoms with Crippen LogP contribution in [0.25, 0.3) is 0 Å². The molecule has 8 heteroatoms. The van der Waals surface area contributed by atoms with Gasteiger partial charge in [-0.05, 0) is 18.9 Å². The maximum Gasteiger partial charge on any atom is 0.270 e. The molecule has 0 saturated heterocycles. The van der Waals surface area contributed by atoms with Gasteiger partial charge >= 0.3 is 0 Å². The molecule has 8 nitrogen and oxygen atoms in total. The third-order valence-electron chi connectivity index (χ3n) is 3.93. The molecule has 1 aliphatic heterocycles. The number of anilines is 1. The van der Waals surface area contributed by atoms with E-state index in [4.69, 9.17) is 5.26 Å². The lowest BCUT2D eigenvalue weighted by Crippen LogP contribution is -2.15. The second-order valence-electron chi connectivity index (χ2n) is 5.42. The number of aromatic nitrogens is 3. The Morgan fingerprint density at radius 3 is 3.04 bits per heavy atom. The van der Waals surface area contributed by atoms with Crippen LogP contribution in [0.5, 0.6) is 0 Å². The number of nitro groups is 1. The number of non-ortho nitro benzene ring substituents is 1. The number of benzene rings is 1. The molecule has 1 aromatic carbocycles. The minimum absolute atomic E-state index is 0.0846. The molecule has 0 fully saturated rings. The second-order valence-corrected chi connectivity index (χ2v) is 5.42. The first-order chi connectivity index (χ1) is 11.2. The van der Waals surface area contributed by atoms with Gasteiger partial charge in [0.15, 0.2) is 0 Å². The average molecular weight is 312 g/mol. The van der Waals surface area contributed by atoms with Crippen LogP contribution in [0.2, 0.25) is 0 Å². The largest absolute Gasteiger partial charge is 0.384 e. The van der Waals surface area contributed by atoms with Gasteiger partial charge in [-0.3, -0.25) is 10.1 Å². The molecule has 0 spiro atoms. The predicted octanol–water partition coefficient (Wildman–Crippen LogP) is 2.05. The quantitative estimate of drug-likeness (QED) is 0.668. The van der Waals surface area contributed by atoms with Crippen molar-refractivity contribution in [2.24, 2.45) is 0 Å². The van der Waals surface area contributed by atoms with E-state index in [1.807, 2.05) is 6.07 Å². The molecule has 0 bridgehead atoms. The van der Waals surface area contributed by atoms with E-state index in [0.29, 0.717) is 18.7 Å². The Balaban J connectivity index is 1.66. The number of nitriles is 1. The monoisotopic (exact) mass is 312 g/mol. The third-order valence-corrected chi connectivity index (χ3v) is 3.93. The summed E-state index contributed by atoms with van der Waals surface area (Å²) in [5.74, 6) is 1.98. The summed E-state index contributed by atoms with van der Waals surface area (Å²) in [7, 11) is 0. The molecule has 23 heavy (non-hydrogen) atoms. The molecular weight excluding hydrogens is 296 g/mol. The first-order valence-corrected chi connectivity index (χ1v) is 7.52. The smallest absolute Gasteiger partial charge is 0.270 e. The Morgan fingerprint density at radius 2 is 2.26 bits per heavy atom. The molecule has 118 valence electrons. The Hall–Kier alpha value is -2.95. The highest BCUT2D eigenvalue weighted by atomic mass is 16.6. The molecule has 1 aliphatic rings.